The lowest BCUT2D eigenvalue weighted by Crippen LogP contribution is -2.13. The van der Waals surface area contributed by atoms with Gasteiger partial charge in [-0.2, -0.15) is 13.2 Å². The second-order valence-electron chi connectivity index (χ2n) is 4.62. The minimum Gasteiger partial charge on any atom is -0.427 e. The summed E-state index contributed by atoms with van der Waals surface area (Å²) < 4.78 is 42.3. The first kappa shape index (κ1) is 16.9. The molecule has 0 bridgehead atoms. The number of benzene rings is 1. The van der Waals surface area contributed by atoms with Crippen LogP contribution in [0.2, 0.25) is 0 Å². The number of anilines is 1. The van der Waals surface area contributed by atoms with Crippen molar-refractivity contribution in [3.05, 3.63) is 40.4 Å². The second-order valence-corrected chi connectivity index (χ2v) is 5.48. The third-order valence-electron chi connectivity index (χ3n) is 2.59. The summed E-state index contributed by atoms with van der Waals surface area (Å²) >= 11 is 0.670. The Kier molecular flexibility index (Phi) is 4.69. The van der Waals surface area contributed by atoms with Crippen molar-refractivity contribution in [3.63, 3.8) is 0 Å². The van der Waals surface area contributed by atoms with Crippen LogP contribution in [-0.2, 0) is 11.0 Å². The van der Waals surface area contributed by atoms with Gasteiger partial charge in [-0.25, -0.2) is 4.98 Å². The molecule has 2 aromatic rings. The third kappa shape index (κ3) is 4.52. The number of aryl methyl sites for hydroxylation is 1. The topological polar surface area (TPSA) is 68.3 Å². The number of alkyl halides is 3. The zero-order valence-electron chi connectivity index (χ0n) is 12.0. The zero-order valence-corrected chi connectivity index (χ0v) is 12.8. The van der Waals surface area contributed by atoms with E-state index < -0.39 is 23.7 Å². The number of ether oxygens (including phenoxy) is 1. The summed E-state index contributed by atoms with van der Waals surface area (Å²) in [7, 11) is 0. The number of rotatable bonds is 3. The van der Waals surface area contributed by atoms with E-state index in [2.05, 4.69) is 10.3 Å². The van der Waals surface area contributed by atoms with Gasteiger partial charge in [0.2, 0.25) is 0 Å². The second kappa shape index (κ2) is 6.37. The first-order valence-corrected chi connectivity index (χ1v) is 7.17. The summed E-state index contributed by atoms with van der Waals surface area (Å²) in [4.78, 5) is 26.4. The lowest BCUT2D eigenvalue weighted by atomic mass is 10.1. The average molecular weight is 344 g/mol. The van der Waals surface area contributed by atoms with Crippen LogP contribution in [-0.4, -0.2) is 16.9 Å². The third-order valence-corrected chi connectivity index (χ3v) is 3.35. The van der Waals surface area contributed by atoms with Gasteiger partial charge in [-0.05, 0) is 30.7 Å². The molecule has 23 heavy (non-hydrogen) atoms. The summed E-state index contributed by atoms with van der Waals surface area (Å²) in [6, 6.07) is 4.39. The molecule has 5 nitrogen and oxygen atoms in total. The van der Waals surface area contributed by atoms with Gasteiger partial charge in [-0.3, -0.25) is 14.9 Å². The standard InChI is InChI=1S/C14H11F3N2O3S/c1-7-3-9(5-10(4-7)22-8(2)20)12(21)19-13-18-11(6-23-13)14(15,16)17/h3-6H,1-2H3,(H,18,19,21). The van der Waals surface area contributed by atoms with Gasteiger partial charge >= 0.3 is 12.1 Å². The Balaban J connectivity index is 2.19. The van der Waals surface area contributed by atoms with Gasteiger partial charge in [0.05, 0.1) is 0 Å². The quantitative estimate of drug-likeness (QED) is 0.682. The molecule has 122 valence electrons. The Hall–Kier alpha value is -2.42. The van der Waals surface area contributed by atoms with Gasteiger partial charge in [0.25, 0.3) is 5.91 Å². The fourth-order valence-corrected chi connectivity index (χ4v) is 2.45. The van der Waals surface area contributed by atoms with Gasteiger partial charge in [-0.1, -0.05) is 0 Å². The molecule has 0 aliphatic carbocycles. The fraction of sp³-hybridized carbons (Fsp3) is 0.214. The smallest absolute Gasteiger partial charge is 0.427 e. The number of carbonyl (C=O) groups is 2. The maximum Gasteiger partial charge on any atom is 0.434 e. The number of aromatic nitrogens is 1. The van der Waals surface area contributed by atoms with Crippen LogP contribution in [0, 0.1) is 6.92 Å². The number of amides is 1. The summed E-state index contributed by atoms with van der Waals surface area (Å²) in [5.74, 6) is -1.01. The Labute approximate surface area is 133 Å². The van der Waals surface area contributed by atoms with Crippen LogP contribution in [0.25, 0.3) is 0 Å². The zero-order chi connectivity index (χ0) is 17.2. The first-order chi connectivity index (χ1) is 10.6. The average Bonchev–Trinajstić information content (AvgIpc) is 2.85. The Morgan fingerprint density at radius 3 is 2.52 bits per heavy atom. The van der Waals surface area contributed by atoms with Crippen molar-refractivity contribution in [2.75, 3.05) is 5.32 Å². The molecule has 0 aliphatic heterocycles. The summed E-state index contributed by atoms with van der Waals surface area (Å²) in [6.45, 7) is 2.91. The van der Waals surface area contributed by atoms with Crippen molar-refractivity contribution >= 4 is 28.3 Å². The molecule has 1 aromatic heterocycles. The van der Waals surface area contributed by atoms with E-state index in [1.54, 1.807) is 13.0 Å². The molecule has 1 amide bonds. The highest BCUT2D eigenvalue weighted by Crippen LogP contribution is 2.31. The molecule has 9 heteroatoms. The van der Waals surface area contributed by atoms with E-state index in [1.807, 2.05) is 0 Å². The molecule has 1 aromatic carbocycles. The summed E-state index contributed by atoms with van der Waals surface area (Å²) in [5.41, 5.74) is -0.267. The number of thiazole rings is 1. The number of hydrogen-bond acceptors (Lipinski definition) is 5. The fourth-order valence-electron chi connectivity index (χ4n) is 1.73. The van der Waals surface area contributed by atoms with Gasteiger partial charge < -0.3 is 4.74 Å². The molecule has 0 atom stereocenters. The van der Waals surface area contributed by atoms with Crippen molar-refractivity contribution in [2.45, 2.75) is 20.0 Å². The van der Waals surface area contributed by atoms with Gasteiger partial charge in [-0.15, -0.1) is 11.3 Å². The van der Waals surface area contributed by atoms with E-state index in [0.29, 0.717) is 16.9 Å². The van der Waals surface area contributed by atoms with Crippen molar-refractivity contribution in [3.8, 4) is 5.75 Å². The van der Waals surface area contributed by atoms with E-state index in [4.69, 9.17) is 4.74 Å². The maximum absolute atomic E-state index is 12.5. The van der Waals surface area contributed by atoms with E-state index in [0.717, 1.165) is 5.38 Å². The highest BCUT2D eigenvalue weighted by molar-refractivity contribution is 7.14. The van der Waals surface area contributed by atoms with Crippen LogP contribution in [0.4, 0.5) is 18.3 Å². The largest absolute Gasteiger partial charge is 0.434 e. The number of nitrogens with one attached hydrogen (secondary N) is 1. The Morgan fingerprint density at radius 2 is 1.96 bits per heavy atom. The van der Waals surface area contributed by atoms with E-state index in [-0.39, 0.29) is 16.4 Å². The molecule has 0 radical (unpaired) electrons. The van der Waals surface area contributed by atoms with Crippen LogP contribution in [0.1, 0.15) is 28.5 Å². The number of nitrogens with zero attached hydrogens (tertiary/aromatic N) is 1. The summed E-state index contributed by atoms with van der Waals surface area (Å²) in [6.07, 6.45) is -4.56. The van der Waals surface area contributed by atoms with E-state index >= 15 is 0 Å². The van der Waals surface area contributed by atoms with Gasteiger partial charge in [0.15, 0.2) is 10.8 Å². The Bertz CT molecular complexity index is 756. The molecule has 1 heterocycles. The van der Waals surface area contributed by atoms with Gasteiger partial charge in [0, 0.05) is 17.9 Å². The normalized spacial score (nSPS) is 11.2. The number of halogens is 3. The van der Waals surface area contributed by atoms with Crippen LogP contribution in [0.3, 0.4) is 0 Å². The maximum atomic E-state index is 12.5. The van der Waals surface area contributed by atoms with Crippen molar-refractivity contribution < 1.29 is 27.5 Å². The van der Waals surface area contributed by atoms with Crippen molar-refractivity contribution in [2.24, 2.45) is 0 Å². The van der Waals surface area contributed by atoms with Crippen LogP contribution in [0.5, 0.6) is 5.75 Å². The number of hydrogen-bond donors (Lipinski definition) is 1. The molecule has 0 saturated heterocycles. The Morgan fingerprint density at radius 1 is 1.26 bits per heavy atom. The van der Waals surface area contributed by atoms with Crippen LogP contribution >= 0.6 is 11.3 Å². The molecule has 2 rings (SSSR count). The molecule has 0 saturated carbocycles. The summed E-state index contributed by atoms with van der Waals surface area (Å²) in [5, 5.41) is 2.93. The highest BCUT2D eigenvalue weighted by atomic mass is 32.1. The monoisotopic (exact) mass is 344 g/mol. The van der Waals surface area contributed by atoms with Crippen LogP contribution in [0.15, 0.2) is 23.6 Å². The van der Waals surface area contributed by atoms with E-state index in [9.17, 15) is 22.8 Å². The number of carbonyl (C=O) groups excluding carboxylic acids is 2. The van der Waals surface area contributed by atoms with Crippen LogP contribution < -0.4 is 10.1 Å². The first-order valence-electron chi connectivity index (χ1n) is 6.29. The lowest BCUT2D eigenvalue weighted by molar-refractivity contribution is -0.140. The van der Waals surface area contributed by atoms with Gasteiger partial charge in [0.1, 0.15) is 5.75 Å². The molecule has 0 fully saturated rings. The lowest BCUT2D eigenvalue weighted by Gasteiger charge is -2.07. The molecular weight excluding hydrogens is 333 g/mol. The van der Waals surface area contributed by atoms with Crippen molar-refractivity contribution in [1.82, 2.24) is 4.98 Å². The predicted molar refractivity (Wildman–Crippen MR) is 77.6 cm³/mol. The minimum atomic E-state index is -4.56. The molecular formula is C14H11F3N2O3S. The minimum absolute atomic E-state index is 0.144. The van der Waals surface area contributed by atoms with Crippen molar-refractivity contribution in [1.29, 1.82) is 0 Å². The van der Waals surface area contributed by atoms with E-state index in [1.165, 1.54) is 19.1 Å². The highest BCUT2D eigenvalue weighted by Gasteiger charge is 2.33. The number of esters is 1. The SMILES string of the molecule is CC(=O)Oc1cc(C)cc(C(=O)Nc2nc(C(F)(F)F)cs2)c1. The predicted octanol–water partition coefficient (Wildman–Crippen LogP) is 3.65. The molecule has 0 spiro atoms. The molecule has 0 unspecified atom stereocenters. The molecule has 0 aliphatic rings. The molecule has 1 N–H and O–H groups in total.